The van der Waals surface area contributed by atoms with Crippen LogP contribution in [0.1, 0.15) is 28.8 Å². The van der Waals surface area contributed by atoms with E-state index in [2.05, 4.69) is 5.32 Å². The highest BCUT2D eigenvalue weighted by molar-refractivity contribution is 8.00. The Morgan fingerprint density at radius 3 is 2.47 bits per heavy atom. The van der Waals surface area contributed by atoms with Gasteiger partial charge in [0.1, 0.15) is 0 Å². The highest BCUT2D eigenvalue weighted by Gasteiger charge is 2.33. The number of nitrogens with one attached hydrogen (secondary N) is 1. The third-order valence-electron chi connectivity index (χ3n) is 4.72. The van der Waals surface area contributed by atoms with Crippen molar-refractivity contribution in [3.8, 4) is 0 Å². The molecular formula is C20H17ClF3N3O4S. The first-order valence-corrected chi connectivity index (χ1v) is 10.8. The molecule has 1 aliphatic rings. The maximum atomic E-state index is 12.8. The molecule has 0 atom stereocenters. The number of rotatable bonds is 6. The number of nitrogens with zero attached hydrogens (tertiary/aromatic N) is 2. The van der Waals surface area contributed by atoms with Gasteiger partial charge in [0.15, 0.2) is 0 Å². The minimum Gasteiger partial charge on any atom is -0.339 e. The van der Waals surface area contributed by atoms with Crippen molar-refractivity contribution < 1.29 is 27.7 Å². The predicted octanol–water partition coefficient (Wildman–Crippen LogP) is 5.23. The van der Waals surface area contributed by atoms with Gasteiger partial charge in [0, 0.05) is 24.2 Å². The van der Waals surface area contributed by atoms with E-state index in [1.807, 2.05) is 0 Å². The van der Waals surface area contributed by atoms with E-state index in [0.717, 1.165) is 25.0 Å². The van der Waals surface area contributed by atoms with Gasteiger partial charge in [-0.2, -0.15) is 13.2 Å². The second-order valence-electron chi connectivity index (χ2n) is 6.96. The molecule has 0 aromatic heterocycles. The summed E-state index contributed by atoms with van der Waals surface area (Å²) >= 11 is 6.71. The van der Waals surface area contributed by atoms with E-state index >= 15 is 0 Å². The number of anilines is 1. The molecule has 0 saturated carbocycles. The minimum atomic E-state index is -4.73. The van der Waals surface area contributed by atoms with Crippen LogP contribution in [0.15, 0.2) is 41.3 Å². The van der Waals surface area contributed by atoms with Gasteiger partial charge in [0.05, 0.1) is 32.4 Å². The highest BCUT2D eigenvalue weighted by atomic mass is 35.5. The Hall–Kier alpha value is -2.79. The number of nitro groups is 1. The quantitative estimate of drug-likeness (QED) is 0.342. The normalized spacial score (nSPS) is 13.8. The molecule has 0 bridgehead atoms. The van der Waals surface area contributed by atoms with Crippen LogP contribution < -0.4 is 5.32 Å². The van der Waals surface area contributed by atoms with Crippen LogP contribution in [0, 0.1) is 10.1 Å². The number of likely N-dealkylation sites (tertiary alicyclic amines) is 1. The van der Waals surface area contributed by atoms with E-state index in [-0.39, 0.29) is 27.8 Å². The van der Waals surface area contributed by atoms with Crippen molar-refractivity contribution in [3.63, 3.8) is 0 Å². The van der Waals surface area contributed by atoms with Crippen LogP contribution in [-0.4, -0.2) is 40.5 Å². The van der Waals surface area contributed by atoms with Gasteiger partial charge < -0.3 is 10.2 Å². The third-order valence-corrected chi connectivity index (χ3v) is 6.02. The molecule has 2 aromatic carbocycles. The molecule has 1 saturated heterocycles. The zero-order chi connectivity index (χ0) is 23.5. The number of benzene rings is 2. The Labute approximate surface area is 190 Å². The summed E-state index contributed by atoms with van der Waals surface area (Å²) in [5.41, 5.74) is -1.44. The molecule has 12 heteroatoms. The predicted molar refractivity (Wildman–Crippen MR) is 114 cm³/mol. The SMILES string of the molecule is O=C(CSc1ccc(C(F)(F)F)cc1[N+](=O)[O-])Nc1cc(Cl)ccc1C(=O)N1CCCC1. The molecule has 1 aliphatic heterocycles. The highest BCUT2D eigenvalue weighted by Crippen LogP contribution is 2.36. The van der Waals surface area contributed by atoms with Crippen LogP contribution in [0.3, 0.4) is 0 Å². The molecule has 0 spiro atoms. The van der Waals surface area contributed by atoms with Crippen molar-refractivity contribution >= 4 is 46.6 Å². The van der Waals surface area contributed by atoms with Gasteiger partial charge in [0.25, 0.3) is 11.6 Å². The molecule has 2 amide bonds. The number of hydrogen-bond donors (Lipinski definition) is 1. The minimum absolute atomic E-state index is 0.0855. The smallest absolute Gasteiger partial charge is 0.339 e. The lowest BCUT2D eigenvalue weighted by Gasteiger charge is -2.18. The summed E-state index contributed by atoms with van der Waals surface area (Å²) in [6, 6.07) is 6.57. The molecular weight excluding hydrogens is 471 g/mol. The second kappa shape index (κ2) is 9.78. The molecule has 0 radical (unpaired) electrons. The zero-order valence-electron chi connectivity index (χ0n) is 16.4. The Kier molecular flexibility index (Phi) is 7.29. The Bertz CT molecular complexity index is 1060. The molecule has 7 nitrogen and oxygen atoms in total. The number of hydrogen-bond acceptors (Lipinski definition) is 5. The van der Waals surface area contributed by atoms with Gasteiger partial charge in [-0.3, -0.25) is 19.7 Å². The molecule has 32 heavy (non-hydrogen) atoms. The van der Waals surface area contributed by atoms with Crippen LogP contribution in [0.4, 0.5) is 24.5 Å². The van der Waals surface area contributed by atoms with Gasteiger partial charge in [0.2, 0.25) is 5.91 Å². The number of amides is 2. The first kappa shape index (κ1) is 23.9. The Morgan fingerprint density at radius 2 is 1.84 bits per heavy atom. The first-order chi connectivity index (χ1) is 15.1. The summed E-state index contributed by atoms with van der Waals surface area (Å²) in [6.07, 6.45) is -2.94. The van der Waals surface area contributed by atoms with E-state index in [4.69, 9.17) is 11.6 Å². The number of thioether (sulfide) groups is 1. The van der Waals surface area contributed by atoms with Crippen LogP contribution in [-0.2, 0) is 11.0 Å². The maximum absolute atomic E-state index is 12.8. The van der Waals surface area contributed by atoms with Gasteiger partial charge in [-0.1, -0.05) is 11.6 Å². The molecule has 170 valence electrons. The van der Waals surface area contributed by atoms with E-state index < -0.39 is 28.3 Å². The summed E-state index contributed by atoms with van der Waals surface area (Å²) < 4.78 is 38.5. The Morgan fingerprint density at radius 1 is 1.16 bits per heavy atom. The average Bonchev–Trinajstić information content (AvgIpc) is 3.26. The molecule has 1 fully saturated rings. The second-order valence-corrected chi connectivity index (χ2v) is 8.42. The molecule has 0 unspecified atom stereocenters. The van der Waals surface area contributed by atoms with Crippen LogP contribution in [0.5, 0.6) is 0 Å². The monoisotopic (exact) mass is 487 g/mol. The molecule has 0 aliphatic carbocycles. The van der Waals surface area contributed by atoms with Crippen LogP contribution in [0.2, 0.25) is 5.02 Å². The van der Waals surface area contributed by atoms with Gasteiger partial charge in [-0.15, -0.1) is 11.8 Å². The molecule has 3 rings (SSSR count). The Balaban J connectivity index is 1.74. The van der Waals surface area contributed by atoms with Crippen molar-refractivity contribution in [1.82, 2.24) is 4.90 Å². The van der Waals surface area contributed by atoms with Crippen molar-refractivity contribution in [2.45, 2.75) is 23.9 Å². The molecule has 1 heterocycles. The van der Waals surface area contributed by atoms with Crippen LogP contribution in [0.25, 0.3) is 0 Å². The van der Waals surface area contributed by atoms with Gasteiger partial charge >= 0.3 is 6.18 Å². The summed E-state index contributed by atoms with van der Waals surface area (Å²) in [4.78, 5) is 37.0. The number of alkyl halides is 3. The van der Waals surface area contributed by atoms with E-state index in [0.29, 0.717) is 35.9 Å². The number of nitro benzene ring substituents is 1. The fraction of sp³-hybridized carbons (Fsp3) is 0.300. The number of carbonyl (C=O) groups excluding carboxylic acids is 2. The number of halogens is 4. The van der Waals surface area contributed by atoms with Crippen molar-refractivity contribution in [2.75, 3.05) is 24.2 Å². The summed E-state index contributed by atoms with van der Waals surface area (Å²) in [7, 11) is 0. The summed E-state index contributed by atoms with van der Waals surface area (Å²) in [5, 5.41) is 14.1. The fourth-order valence-electron chi connectivity index (χ4n) is 3.18. The zero-order valence-corrected chi connectivity index (χ0v) is 18.0. The van der Waals surface area contributed by atoms with Gasteiger partial charge in [-0.25, -0.2) is 0 Å². The first-order valence-electron chi connectivity index (χ1n) is 9.43. The fourth-order valence-corrected chi connectivity index (χ4v) is 4.16. The summed E-state index contributed by atoms with van der Waals surface area (Å²) in [5.74, 6) is -1.17. The lowest BCUT2D eigenvalue weighted by Crippen LogP contribution is -2.29. The van der Waals surface area contributed by atoms with Crippen LogP contribution >= 0.6 is 23.4 Å². The van der Waals surface area contributed by atoms with E-state index in [1.165, 1.54) is 18.2 Å². The molecule has 2 aromatic rings. The van der Waals surface area contributed by atoms with E-state index in [1.54, 1.807) is 4.90 Å². The van der Waals surface area contributed by atoms with Gasteiger partial charge in [-0.05, 0) is 43.2 Å². The van der Waals surface area contributed by atoms with Crippen molar-refractivity contribution in [2.24, 2.45) is 0 Å². The summed E-state index contributed by atoms with van der Waals surface area (Å²) in [6.45, 7) is 1.23. The largest absolute Gasteiger partial charge is 0.416 e. The van der Waals surface area contributed by atoms with Crippen molar-refractivity contribution in [3.05, 3.63) is 62.7 Å². The topological polar surface area (TPSA) is 92.5 Å². The average molecular weight is 488 g/mol. The standard InChI is InChI=1S/C20H17ClF3N3O4S/c21-13-4-5-14(19(29)26-7-1-2-8-26)15(10-13)25-18(28)11-32-17-6-3-12(20(22,23)24)9-16(17)27(30)31/h3-6,9-10H,1-2,7-8,11H2,(H,25,28). The lowest BCUT2D eigenvalue weighted by molar-refractivity contribution is -0.388. The van der Waals surface area contributed by atoms with Crippen molar-refractivity contribution in [1.29, 1.82) is 0 Å². The third kappa shape index (κ3) is 5.71. The number of carbonyl (C=O) groups is 2. The molecule has 1 N–H and O–H groups in total. The van der Waals surface area contributed by atoms with E-state index in [9.17, 15) is 32.9 Å². The maximum Gasteiger partial charge on any atom is 0.416 e. The lowest BCUT2D eigenvalue weighted by atomic mass is 10.1.